The van der Waals surface area contributed by atoms with Gasteiger partial charge in [-0.2, -0.15) is 0 Å². The van der Waals surface area contributed by atoms with E-state index in [9.17, 15) is 19.2 Å². The minimum Gasteiger partial charge on any atom is -0.464 e. The van der Waals surface area contributed by atoms with Crippen LogP contribution in [-0.2, 0) is 19.1 Å². The summed E-state index contributed by atoms with van der Waals surface area (Å²) in [6, 6.07) is 10.2. The SMILES string of the molecule is C=CC(=CC)C(NC(=O)N1C(=O)C(C(C)c2ccnc(NC(=O)OCCCCCC)c2)C1C(=O)OCC)c1ccccc1. The molecule has 4 amide bonds. The molecule has 1 fully saturated rings. The van der Waals surface area contributed by atoms with E-state index < -0.39 is 47.9 Å². The number of pyridine rings is 1. The Morgan fingerprint density at radius 3 is 2.47 bits per heavy atom. The van der Waals surface area contributed by atoms with Gasteiger partial charge in [0, 0.05) is 6.20 Å². The number of carbonyl (C=O) groups excluding carboxylic acids is 4. The fraction of sp³-hybridized carbons (Fsp3) is 0.424. The number of nitrogens with one attached hydrogen (secondary N) is 2. The monoisotopic (exact) mass is 590 g/mol. The molecule has 43 heavy (non-hydrogen) atoms. The van der Waals surface area contributed by atoms with E-state index in [0.29, 0.717) is 12.2 Å². The molecule has 10 nitrogen and oxygen atoms in total. The molecule has 4 unspecified atom stereocenters. The van der Waals surface area contributed by atoms with Crippen LogP contribution in [0.15, 0.2) is 73.0 Å². The zero-order chi connectivity index (χ0) is 31.4. The Bertz CT molecular complexity index is 1310. The first-order valence-electron chi connectivity index (χ1n) is 14.8. The standard InChI is InChI=1S/C33H42N4O6/c1-6-10-11-15-20-43-33(41)35-26-21-25(18-19-34-26)22(5)27-29(31(39)42-9-4)37(30(27)38)32(40)36-28(23(7-2)8-3)24-16-13-12-14-17-24/h7-8,12-14,16-19,21-22,27-29H,2,6,9-11,15,20H2,1,3-5H3,(H,36,40)(H,34,35,41). The Balaban J connectivity index is 1.78. The molecule has 2 heterocycles. The number of aromatic nitrogens is 1. The van der Waals surface area contributed by atoms with Crippen molar-refractivity contribution in [1.82, 2.24) is 15.2 Å². The summed E-state index contributed by atoms with van der Waals surface area (Å²) in [5.41, 5.74) is 2.19. The molecular formula is C33H42N4O6. The molecule has 1 aliphatic rings. The van der Waals surface area contributed by atoms with Crippen LogP contribution in [0.5, 0.6) is 0 Å². The number of imide groups is 1. The molecule has 1 aromatic heterocycles. The van der Waals surface area contributed by atoms with Crippen molar-refractivity contribution < 1.29 is 28.7 Å². The molecule has 2 aromatic rings. The van der Waals surface area contributed by atoms with Crippen molar-refractivity contribution >= 4 is 29.8 Å². The molecular weight excluding hydrogens is 548 g/mol. The van der Waals surface area contributed by atoms with E-state index in [1.165, 1.54) is 6.20 Å². The molecule has 0 radical (unpaired) electrons. The highest BCUT2D eigenvalue weighted by Gasteiger charge is 2.57. The number of ether oxygens (including phenoxy) is 2. The molecule has 1 aliphatic heterocycles. The summed E-state index contributed by atoms with van der Waals surface area (Å²) < 4.78 is 10.5. The minimum atomic E-state index is -1.13. The zero-order valence-corrected chi connectivity index (χ0v) is 25.4. The minimum absolute atomic E-state index is 0.0930. The van der Waals surface area contributed by atoms with Crippen molar-refractivity contribution in [3.05, 3.63) is 84.1 Å². The van der Waals surface area contributed by atoms with Crippen molar-refractivity contribution in [2.75, 3.05) is 18.5 Å². The molecule has 3 rings (SSSR count). The van der Waals surface area contributed by atoms with Crippen LogP contribution < -0.4 is 10.6 Å². The summed E-state index contributed by atoms with van der Waals surface area (Å²) in [7, 11) is 0. The van der Waals surface area contributed by atoms with Crippen LogP contribution in [-0.4, -0.2) is 53.1 Å². The van der Waals surface area contributed by atoms with Crippen molar-refractivity contribution in [2.45, 2.75) is 71.4 Å². The number of benzene rings is 1. The number of allylic oxidation sites excluding steroid dienone is 1. The predicted octanol–water partition coefficient (Wildman–Crippen LogP) is 6.29. The van der Waals surface area contributed by atoms with Crippen LogP contribution in [0.25, 0.3) is 0 Å². The summed E-state index contributed by atoms with van der Waals surface area (Å²) in [4.78, 5) is 57.6. The summed E-state index contributed by atoms with van der Waals surface area (Å²) >= 11 is 0. The largest absolute Gasteiger partial charge is 0.464 e. The number of β-lactam (4-membered cyclic amide) rings is 1. The van der Waals surface area contributed by atoms with Gasteiger partial charge in [0.25, 0.3) is 0 Å². The number of nitrogens with zero attached hydrogens (tertiary/aromatic N) is 2. The third-order valence-corrected chi connectivity index (χ3v) is 7.50. The first-order chi connectivity index (χ1) is 20.8. The number of urea groups is 1. The highest BCUT2D eigenvalue weighted by Crippen LogP contribution is 2.40. The van der Waals surface area contributed by atoms with Crippen LogP contribution in [0.4, 0.5) is 15.4 Å². The average Bonchev–Trinajstić information content (AvgIpc) is 3.00. The lowest BCUT2D eigenvalue weighted by molar-refractivity contribution is -0.170. The zero-order valence-electron chi connectivity index (χ0n) is 25.4. The fourth-order valence-electron chi connectivity index (χ4n) is 5.14. The maximum absolute atomic E-state index is 13.6. The third-order valence-electron chi connectivity index (χ3n) is 7.50. The van der Waals surface area contributed by atoms with Gasteiger partial charge in [0.15, 0.2) is 6.04 Å². The molecule has 0 spiro atoms. The molecule has 0 aliphatic carbocycles. The Morgan fingerprint density at radius 2 is 1.81 bits per heavy atom. The number of carbonyl (C=O) groups is 4. The average molecular weight is 591 g/mol. The van der Waals surface area contributed by atoms with Crippen LogP contribution in [0.2, 0.25) is 0 Å². The van der Waals surface area contributed by atoms with E-state index >= 15 is 0 Å². The van der Waals surface area contributed by atoms with Gasteiger partial charge in [-0.05, 0) is 55.0 Å². The van der Waals surface area contributed by atoms with Gasteiger partial charge in [0.1, 0.15) is 5.82 Å². The van der Waals surface area contributed by atoms with E-state index in [1.807, 2.05) is 43.3 Å². The van der Waals surface area contributed by atoms with Gasteiger partial charge in [-0.25, -0.2) is 24.3 Å². The summed E-state index contributed by atoms with van der Waals surface area (Å²) in [6.07, 6.45) is 8.29. The van der Waals surface area contributed by atoms with Crippen molar-refractivity contribution in [1.29, 1.82) is 0 Å². The summed E-state index contributed by atoms with van der Waals surface area (Å²) in [5, 5.41) is 5.52. The van der Waals surface area contributed by atoms with Crippen LogP contribution in [0.1, 0.15) is 76.5 Å². The number of amides is 4. The molecule has 1 aromatic carbocycles. The van der Waals surface area contributed by atoms with Crippen molar-refractivity contribution in [3.8, 4) is 0 Å². The van der Waals surface area contributed by atoms with Gasteiger partial charge in [-0.3, -0.25) is 10.1 Å². The quantitative estimate of drug-likeness (QED) is 0.115. The topological polar surface area (TPSA) is 127 Å². The fourth-order valence-corrected chi connectivity index (χ4v) is 5.14. The number of unbranched alkanes of at least 4 members (excludes halogenated alkanes) is 3. The number of hydrogen-bond donors (Lipinski definition) is 2. The van der Waals surface area contributed by atoms with Crippen molar-refractivity contribution in [2.24, 2.45) is 5.92 Å². The smallest absolute Gasteiger partial charge is 0.412 e. The van der Waals surface area contributed by atoms with Crippen LogP contribution >= 0.6 is 0 Å². The number of likely N-dealkylation sites (tertiary alicyclic amines) is 1. The van der Waals surface area contributed by atoms with Gasteiger partial charge >= 0.3 is 18.1 Å². The molecule has 230 valence electrons. The predicted molar refractivity (Wildman–Crippen MR) is 164 cm³/mol. The van der Waals surface area contributed by atoms with E-state index in [4.69, 9.17) is 9.47 Å². The van der Waals surface area contributed by atoms with Gasteiger partial charge in [0.2, 0.25) is 5.91 Å². The molecule has 10 heteroatoms. The third kappa shape index (κ3) is 8.30. The van der Waals surface area contributed by atoms with Crippen LogP contribution in [0, 0.1) is 5.92 Å². The van der Waals surface area contributed by atoms with Gasteiger partial charge in [0.05, 0.1) is 25.2 Å². The second-order valence-corrected chi connectivity index (χ2v) is 10.3. The maximum Gasteiger partial charge on any atom is 0.412 e. The number of rotatable bonds is 14. The summed E-state index contributed by atoms with van der Waals surface area (Å²) in [6.45, 7) is 11.7. The maximum atomic E-state index is 13.6. The van der Waals surface area contributed by atoms with Gasteiger partial charge < -0.3 is 14.8 Å². The van der Waals surface area contributed by atoms with Crippen molar-refractivity contribution in [3.63, 3.8) is 0 Å². The highest BCUT2D eigenvalue weighted by atomic mass is 16.5. The normalized spacial score (nSPS) is 17.7. The first kappa shape index (κ1) is 33.0. The van der Waals surface area contributed by atoms with E-state index in [1.54, 1.807) is 32.1 Å². The lowest BCUT2D eigenvalue weighted by Crippen LogP contribution is -2.69. The highest BCUT2D eigenvalue weighted by molar-refractivity contribution is 6.08. The molecule has 2 N–H and O–H groups in total. The Kier molecular flexibility index (Phi) is 12.5. The van der Waals surface area contributed by atoms with Gasteiger partial charge in [-0.1, -0.05) is 82.2 Å². The lowest BCUT2D eigenvalue weighted by atomic mass is 9.75. The molecule has 4 atom stereocenters. The molecule has 0 saturated carbocycles. The Hall–Kier alpha value is -4.47. The lowest BCUT2D eigenvalue weighted by Gasteiger charge is -2.46. The Labute approximate surface area is 253 Å². The molecule has 0 bridgehead atoms. The van der Waals surface area contributed by atoms with E-state index in [0.717, 1.165) is 41.7 Å². The van der Waals surface area contributed by atoms with E-state index in [2.05, 4.69) is 29.1 Å². The van der Waals surface area contributed by atoms with Gasteiger partial charge in [-0.15, -0.1) is 0 Å². The van der Waals surface area contributed by atoms with E-state index in [-0.39, 0.29) is 12.4 Å². The Morgan fingerprint density at radius 1 is 1.07 bits per heavy atom. The first-order valence-corrected chi connectivity index (χ1v) is 14.8. The number of hydrogen-bond acceptors (Lipinski definition) is 7. The molecule has 1 saturated heterocycles. The second-order valence-electron chi connectivity index (χ2n) is 10.3. The summed E-state index contributed by atoms with van der Waals surface area (Å²) in [5.74, 6) is -2.27. The number of esters is 1. The number of anilines is 1. The van der Waals surface area contributed by atoms with Crippen LogP contribution in [0.3, 0.4) is 0 Å². The second kappa shape index (κ2) is 16.2.